The number of carbonyl (C=O) groups excluding carboxylic acids is 1. The van der Waals surface area contributed by atoms with E-state index in [9.17, 15) is 9.18 Å². The topological polar surface area (TPSA) is 47.6 Å². The van der Waals surface area contributed by atoms with E-state index in [0.29, 0.717) is 17.2 Å². The predicted octanol–water partition coefficient (Wildman–Crippen LogP) is 3.02. The zero-order valence-electron chi connectivity index (χ0n) is 11.9. The summed E-state index contributed by atoms with van der Waals surface area (Å²) in [5.74, 6) is 0.659. The molecule has 2 aromatic carbocycles. The van der Waals surface area contributed by atoms with Gasteiger partial charge in [0.2, 0.25) is 5.91 Å². The summed E-state index contributed by atoms with van der Waals surface area (Å²) in [6, 6.07) is 10.9. The van der Waals surface area contributed by atoms with Gasteiger partial charge < -0.3 is 14.8 Å². The molecule has 2 aromatic rings. The Morgan fingerprint density at radius 1 is 1.05 bits per heavy atom. The molecule has 0 atom stereocenters. The van der Waals surface area contributed by atoms with Crippen molar-refractivity contribution < 1.29 is 18.7 Å². The van der Waals surface area contributed by atoms with Crippen molar-refractivity contribution in [3.05, 3.63) is 53.8 Å². The Balaban J connectivity index is 2.04. The van der Waals surface area contributed by atoms with Gasteiger partial charge in [0.1, 0.15) is 5.82 Å². The van der Waals surface area contributed by atoms with Crippen molar-refractivity contribution in [2.45, 2.75) is 6.42 Å². The Kier molecular flexibility index (Phi) is 4.77. The molecule has 21 heavy (non-hydrogen) atoms. The van der Waals surface area contributed by atoms with E-state index in [4.69, 9.17) is 9.47 Å². The van der Waals surface area contributed by atoms with Gasteiger partial charge in [-0.3, -0.25) is 4.79 Å². The van der Waals surface area contributed by atoms with Crippen LogP contribution in [0.5, 0.6) is 11.5 Å². The van der Waals surface area contributed by atoms with Crippen LogP contribution in [-0.2, 0) is 11.2 Å². The Bertz CT molecular complexity index is 626. The van der Waals surface area contributed by atoms with Gasteiger partial charge in [0.15, 0.2) is 11.5 Å². The minimum absolute atomic E-state index is 0.186. The van der Waals surface area contributed by atoms with Crippen molar-refractivity contribution in [3.8, 4) is 11.5 Å². The van der Waals surface area contributed by atoms with Crippen LogP contribution in [0.25, 0.3) is 0 Å². The van der Waals surface area contributed by atoms with Crippen LogP contribution < -0.4 is 14.8 Å². The summed E-state index contributed by atoms with van der Waals surface area (Å²) in [4.78, 5) is 11.9. The summed E-state index contributed by atoms with van der Waals surface area (Å²) < 4.78 is 23.1. The first-order valence-electron chi connectivity index (χ1n) is 6.38. The molecular weight excluding hydrogens is 273 g/mol. The molecule has 4 nitrogen and oxygen atoms in total. The average Bonchev–Trinajstić information content (AvgIpc) is 2.49. The largest absolute Gasteiger partial charge is 0.493 e. The van der Waals surface area contributed by atoms with Crippen molar-refractivity contribution in [1.29, 1.82) is 0 Å². The molecule has 1 amide bonds. The van der Waals surface area contributed by atoms with Gasteiger partial charge in [0.25, 0.3) is 0 Å². The highest BCUT2D eigenvalue weighted by molar-refractivity contribution is 5.92. The summed E-state index contributed by atoms with van der Waals surface area (Å²) in [6.07, 6.45) is 0.192. The number of hydrogen-bond acceptors (Lipinski definition) is 3. The van der Waals surface area contributed by atoms with Gasteiger partial charge in [0.05, 0.1) is 20.6 Å². The normalized spacial score (nSPS) is 10.0. The molecule has 1 N–H and O–H groups in total. The number of nitrogens with one attached hydrogen (secondary N) is 1. The van der Waals surface area contributed by atoms with Gasteiger partial charge in [-0.15, -0.1) is 0 Å². The summed E-state index contributed by atoms with van der Waals surface area (Å²) in [5, 5.41) is 2.71. The number of halogens is 1. The lowest BCUT2D eigenvalue weighted by atomic mass is 10.1. The van der Waals surface area contributed by atoms with Crippen molar-refractivity contribution in [1.82, 2.24) is 0 Å². The van der Waals surface area contributed by atoms with E-state index in [2.05, 4.69) is 5.32 Å². The molecule has 0 aromatic heterocycles. The average molecular weight is 289 g/mol. The molecule has 0 aliphatic rings. The van der Waals surface area contributed by atoms with Gasteiger partial charge in [-0.05, 0) is 42.0 Å². The molecule has 0 fully saturated rings. The van der Waals surface area contributed by atoms with Crippen LogP contribution in [-0.4, -0.2) is 20.1 Å². The second-order valence-corrected chi connectivity index (χ2v) is 4.42. The van der Waals surface area contributed by atoms with Gasteiger partial charge in [0, 0.05) is 5.69 Å². The highest BCUT2D eigenvalue weighted by atomic mass is 19.1. The first kappa shape index (κ1) is 14.8. The fourth-order valence-corrected chi connectivity index (χ4v) is 1.91. The van der Waals surface area contributed by atoms with Crippen LogP contribution >= 0.6 is 0 Å². The molecule has 0 aliphatic heterocycles. The van der Waals surface area contributed by atoms with Crippen LogP contribution in [0.1, 0.15) is 5.56 Å². The Morgan fingerprint density at radius 3 is 2.33 bits per heavy atom. The van der Waals surface area contributed by atoms with Crippen LogP contribution in [0.3, 0.4) is 0 Å². The fourth-order valence-electron chi connectivity index (χ4n) is 1.91. The van der Waals surface area contributed by atoms with E-state index in [0.717, 1.165) is 5.56 Å². The molecule has 5 heteroatoms. The van der Waals surface area contributed by atoms with E-state index in [-0.39, 0.29) is 18.1 Å². The molecular formula is C16H16FNO3. The Hall–Kier alpha value is -2.56. The number of anilines is 1. The summed E-state index contributed by atoms with van der Waals surface area (Å²) in [7, 11) is 3.10. The smallest absolute Gasteiger partial charge is 0.228 e. The van der Waals surface area contributed by atoms with Crippen molar-refractivity contribution in [2.75, 3.05) is 19.5 Å². The molecule has 0 radical (unpaired) electrons. The van der Waals surface area contributed by atoms with Gasteiger partial charge in [-0.25, -0.2) is 4.39 Å². The zero-order chi connectivity index (χ0) is 15.2. The second-order valence-electron chi connectivity index (χ2n) is 4.42. The molecule has 0 saturated heterocycles. The SMILES string of the molecule is COc1ccc(CC(=O)Nc2ccc(F)cc2)cc1OC. The number of rotatable bonds is 5. The van der Waals surface area contributed by atoms with Crippen LogP contribution in [0.2, 0.25) is 0 Å². The molecule has 0 saturated carbocycles. The number of hydrogen-bond donors (Lipinski definition) is 1. The standard InChI is InChI=1S/C16H16FNO3/c1-20-14-8-3-11(9-15(14)21-2)10-16(19)18-13-6-4-12(17)5-7-13/h3-9H,10H2,1-2H3,(H,18,19). The number of carbonyl (C=O) groups is 1. The quantitative estimate of drug-likeness (QED) is 0.920. The predicted molar refractivity (Wildman–Crippen MR) is 78.3 cm³/mol. The lowest BCUT2D eigenvalue weighted by Gasteiger charge is -2.10. The van der Waals surface area contributed by atoms with Gasteiger partial charge >= 0.3 is 0 Å². The summed E-state index contributed by atoms with van der Waals surface area (Å²) in [5.41, 5.74) is 1.36. The van der Waals surface area contributed by atoms with Crippen molar-refractivity contribution >= 4 is 11.6 Å². The lowest BCUT2D eigenvalue weighted by Crippen LogP contribution is -2.14. The van der Waals surface area contributed by atoms with E-state index in [1.54, 1.807) is 32.4 Å². The van der Waals surface area contributed by atoms with Crippen LogP contribution in [0, 0.1) is 5.82 Å². The molecule has 0 unspecified atom stereocenters. The minimum atomic E-state index is -0.340. The monoisotopic (exact) mass is 289 g/mol. The third-order valence-electron chi connectivity index (χ3n) is 2.94. The highest BCUT2D eigenvalue weighted by Crippen LogP contribution is 2.27. The Morgan fingerprint density at radius 2 is 1.71 bits per heavy atom. The van der Waals surface area contributed by atoms with E-state index in [1.165, 1.54) is 24.3 Å². The van der Waals surface area contributed by atoms with Gasteiger partial charge in [-0.2, -0.15) is 0 Å². The number of benzene rings is 2. The van der Waals surface area contributed by atoms with Crippen LogP contribution in [0.15, 0.2) is 42.5 Å². The van der Waals surface area contributed by atoms with Crippen molar-refractivity contribution in [2.24, 2.45) is 0 Å². The van der Waals surface area contributed by atoms with E-state index in [1.807, 2.05) is 0 Å². The fraction of sp³-hybridized carbons (Fsp3) is 0.188. The molecule has 110 valence electrons. The number of methoxy groups -OCH3 is 2. The molecule has 0 bridgehead atoms. The molecule has 2 rings (SSSR count). The molecule has 0 spiro atoms. The highest BCUT2D eigenvalue weighted by Gasteiger charge is 2.08. The summed E-state index contributed by atoms with van der Waals surface area (Å²) in [6.45, 7) is 0. The first-order chi connectivity index (χ1) is 10.1. The minimum Gasteiger partial charge on any atom is -0.493 e. The number of ether oxygens (including phenoxy) is 2. The second kappa shape index (κ2) is 6.74. The maximum atomic E-state index is 12.8. The van der Waals surface area contributed by atoms with E-state index >= 15 is 0 Å². The van der Waals surface area contributed by atoms with Crippen molar-refractivity contribution in [3.63, 3.8) is 0 Å². The third-order valence-corrected chi connectivity index (χ3v) is 2.94. The maximum absolute atomic E-state index is 12.8. The third kappa shape index (κ3) is 3.95. The number of amides is 1. The summed E-state index contributed by atoms with van der Waals surface area (Å²) >= 11 is 0. The maximum Gasteiger partial charge on any atom is 0.228 e. The lowest BCUT2D eigenvalue weighted by molar-refractivity contribution is -0.115. The molecule has 0 heterocycles. The van der Waals surface area contributed by atoms with Crippen LogP contribution in [0.4, 0.5) is 10.1 Å². The van der Waals surface area contributed by atoms with E-state index < -0.39 is 0 Å². The first-order valence-corrected chi connectivity index (χ1v) is 6.38. The molecule has 0 aliphatic carbocycles. The Labute approximate surface area is 122 Å². The van der Waals surface area contributed by atoms with Gasteiger partial charge in [-0.1, -0.05) is 6.07 Å². The zero-order valence-corrected chi connectivity index (χ0v) is 11.9.